The molecule has 1 unspecified atom stereocenters. The van der Waals surface area contributed by atoms with Gasteiger partial charge in [0.1, 0.15) is 23.7 Å². The molecular formula is C27H28BrNO4. The van der Waals surface area contributed by atoms with Crippen LogP contribution in [0.15, 0.2) is 71.2 Å². The second-order valence-corrected chi connectivity index (χ2v) is 9.88. The van der Waals surface area contributed by atoms with Crippen LogP contribution in [0.1, 0.15) is 43.4 Å². The van der Waals surface area contributed by atoms with Crippen molar-refractivity contribution in [2.45, 2.75) is 38.9 Å². The van der Waals surface area contributed by atoms with E-state index in [2.05, 4.69) is 15.9 Å². The number of rotatable bonds is 5. The van der Waals surface area contributed by atoms with Crippen LogP contribution in [0.2, 0.25) is 0 Å². The van der Waals surface area contributed by atoms with E-state index in [1.54, 1.807) is 12.0 Å². The number of carbonyl (C=O) groups is 1. The number of amides is 1. The summed E-state index contributed by atoms with van der Waals surface area (Å²) in [4.78, 5) is 14.8. The minimum Gasteiger partial charge on any atom is -0.497 e. The Morgan fingerprint density at radius 3 is 2.36 bits per heavy atom. The molecule has 4 rings (SSSR count). The second kappa shape index (κ2) is 9.48. The molecule has 0 aromatic heterocycles. The first-order chi connectivity index (χ1) is 15.7. The molecule has 6 heteroatoms. The summed E-state index contributed by atoms with van der Waals surface area (Å²) in [7, 11) is 1.65. The van der Waals surface area contributed by atoms with Gasteiger partial charge in [0.15, 0.2) is 0 Å². The van der Waals surface area contributed by atoms with Crippen LogP contribution in [0.5, 0.6) is 11.5 Å². The first-order valence-corrected chi connectivity index (χ1v) is 11.7. The zero-order valence-corrected chi connectivity index (χ0v) is 20.9. The topological polar surface area (TPSA) is 48.0 Å². The molecular weight excluding hydrogens is 482 g/mol. The third-order valence-corrected chi connectivity index (χ3v) is 6.12. The number of ether oxygens (including phenoxy) is 3. The normalized spacial score (nSPS) is 15.2. The molecule has 0 bridgehead atoms. The van der Waals surface area contributed by atoms with Crippen LogP contribution < -0.4 is 14.4 Å². The summed E-state index contributed by atoms with van der Waals surface area (Å²) in [5.41, 5.74) is 3.42. The van der Waals surface area contributed by atoms with Gasteiger partial charge in [0.05, 0.1) is 12.8 Å². The summed E-state index contributed by atoms with van der Waals surface area (Å²) in [6.45, 7) is 6.55. The molecule has 1 aliphatic rings. The maximum atomic E-state index is 13.1. The van der Waals surface area contributed by atoms with E-state index in [4.69, 9.17) is 14.2 Å². The molecule has 3 aromatic carbocycles. The predicted octanol–water partition coefficient (Wildman–Crippen LogP) is 6.92. The molecule has 3 aromatic rings. The standard InChI is InChI=1S/C27H28BrNO4/c1-27(2,3)33-26(30)29-16-22(19-10-12-20(31-4)13-11-19)25-23(28)14-21(15-24(25)29)32-17-18-8-6-5-7-9-18/h5-15,22H,16-17H2,1-4H3. The number of nitrogens with zero attached hydrogens (tertiary/aromatic N) is 1. The van der Waals surface area contributed by atoms with Crippen LogP contribution in [0, 0.1) is 0 Å². The third-order valence-electron chi connectivity index (χ3n) is 5.47. The van der Waals surface area contributed by atoms with Crippen LogP contribution in [0.25, 0.3) is 0 Å². The van der Waals surface area contributed by atoms with Gasteiger partial charge in [0, 0.05) is 23.0 Å². The fourth-order valence-electron chi connectivity index (χ4n) is 3.94. The van der Waals surface area contributed by atoms with Crippen molar-refractivity contribution < 1.29 is 19.0 Å². The molecule has 172 valence electrons. The van der Waals surface area contributed by atoms with Gasteiger partial charge in [0.2, 0.25) is 0 Å². The zero-order valence-electron chi connectivity index (χ0n) is 19.3. The number of benzene rings is 3. The highest BCUT2D eigenvalue weighted by atomic mass is 79.9. The van der Waals surface area contributed by atoms with Gasteiger partial charge < -0.3 is 14.2 Å². The first-order valence-electron chi connectivity index (χ1n) is 10.9. The highest BCUT2D eigenvalue weighted by molar-refractivity contribution is 9.10. The van der Waals surface area contributed by atoms with Crippen LogP contribution >= 0.6 is 15.9 Å². The van der Waals surface area contributed by atoms with Crippen molar-refractivity contribution in [1.29, 1.82) is 0 Å². The highest BCUT2D eigenvalue weighted by Gasteiger charge is 2.37. The minimum absolute atomic E-state index is 0.00373. The van der Waals surface area contributed by atoms with E-state index in [1.807, 2.05) is 87.5 Å². The molecule has 1 heterocycles. The maximum Gasteiger partial charge on any atom is 0.414 e. The Morgan fingerprint density at radius 1 is 1.03 bits per heavy atom. The lowest BCUT2D eigenvalue weighted by molar-refractivity contribution is 0.0583. The number of carbonyl (C=O) groups excluding carboxylic acids is 1. The molecule has 5 nitrogen and oxygen atoms in total. The molecule has 0 radical (unpaired) electrons. The van der Waals surface area contributed by atoms with Crippen LogP contribution in [0.3, 0.4) is 0 Å². The van der Waals surface area contributed by atoms with Gasteiger partial charge in [-0.3, -0.25) is 4.90 Å². The van der Waals surface area contributed by atoms with Crippen molar-refractivity contribution >= 4 is 27.7 Å². The predicted molar refractivity (Wildman–Crippen MR) is 133 cm³/mol. The monoisotopic (exact) mass is 509 g/mol. The van der Waals surface area contributed by atoms with E-state index in [0.717, 1.165) is 32.6 Å². The lowest BCUT2D eigenvalue weighted by atomic mass is 9.93. The number of hydrogen-bond donors (Lipinski definition) is 0. The molecule has 1 aliphatic heterocycles. The number of halogens is 1. The van der Waals surface area contributed by atoms with Crippen molar-refractivity contribution in [2.24, 2.45) is 0 Å². The average molecular weight is 510 g/mol. The number of anilines is 1. The van der Waals surface area contributed by atoms with E-state index in [9.17, 15) is 4.79 Å². The molecule has 0 aliphatic carbocycles. The fourth-order valence-corrected chi connectivity index (χ4v) is 4.65. The number of fused-ring (bicyclic) bond motifs is 1. The van der Waals surface area contributed by atoms with Crippen molar-refractivity contribution in [3.63, 3.8) is 0 Å². The number of hydrogen-bond acceptors (Lipinski definition) is 4. The van der Waals surface area contributed by atoms with Gasteiger partial charge in [-0.05, 0) is 55.7 Å². The molecule has 0 N–H and O–H groups in total. The fraction of sp³-hybridized carbons (Fsp3) is 0.296. The quantitative estimate of drug-likeness (QED) is 0.374. The first kappa shape index (κ1) is 23.2. The molecule has 1 amide bonds. The summed E-state index contributed by atoms with van der Waals surface area (Å²) in [5, 5.41) is 0. The molecule has 0 spiro atoms. The molecule has 0 fully saturated rings. The van der Waals surface area contributed by atoms with E-state index >= 15 is 0 Å². The lowest BCUT2D eigenvalue weighted by Crippen LogP contribution is -2.36. The van der Waals surface area contributed by atoms with E-state index in [-0.39, 0.29) is 12.0 Å². The van der Waals surface area contributed by atoms with Gasteiger partial charge in [-0.2, -0.15) is 0 Å². The van der Waals surface area contributed by atoms with Crippen LogP contribution in [0.4, 0.5) is 10.5 Å². The summed E-state index contributed by atoms with van der Waals surface area (Å²) >= 11 is 3.74. The van der Waals surface area contributed by atoms with Crippen LogP contribution in [-0.4, -0.2) is 25.3 Å². The SMILES string of the molecule is COc1ccc(C2CN(C(=O)OC(C)(C)C)c3cc(OCc4ccccc4)cc(Br)c32)cc1. The van der Waals surface area contributed by atoms with Crippen molar-refractivity contribution in [3.05, 3.63) is 87.9 Å². The summed E-state index contributed by atoms with van der Waals surface area (Å²) in [6.07, 6.45) is -0.369. The van der Waals surface area contributed by atoms with E-state index in [1.165, 1.54) is 0 Å². The van der Waals surface area contributed by atoms with Gasteiger partial charge >= 0.3 is 6.09 Å². The van der Waals surface area contributed by atoms with Crippen LogP contribution in [-0.2, 0) is 11.3 Å². The third kappa shape index (κ3) is 5.33. The Balaban J connectivity index is 1.69. The smallest absolute Gasteiger partial charge is 0.414 e. The lowest BCUT2D eigenvalue weighted by Gasteiger charge is -2.25. The average Bonchev–Trinajstić information content (AvgIpc) is 3.18. The highest BCUT2D eigenvalue weighted by Crippen LogP contribution is 2.47. The summed E-state index contributed by atoms with van der Waals surface area (Å²) < 4.78 is 18.0. The zero-order chi connectivity index (χ0) is 23.6. The Hall–Kier alpha value is -2.99. The van der Waals surface area contributed by atoms with Crippen molar-refractivity contribution in [1.82, 2.24) is 0 Å². The Labute approximate surface area is 203 Å². The Bertz CT molecular complexity index is 1120. The largest absolute Gasteiger partial charge is 0.497 e. The maximum absolute atomic E-state index is 13.1. The van der Waals surface area contributed by atoms with E-state index < -0.39 is 5.60 Å². The Kier molecular flexibility index (Phi) is 6.66. The van der Waals surface area contributed by atoms with E-state index in [0.29, 0.717) is 18.9 Å². The van der Waals surface area contributed by atoms with Gasteiger partial charge in [0.25, 0.3) is 0 Å². The molecule has 0 saturated carbocycles. The number of methoxy groups -OCH3 is 1. The summed E-state index contributed by atoms with van der Waals surface area (Å²) in [6, 6.07) is 21.9. The van der Waals surface area contributed by atoms with Crippen molar-refractivity contribution in [2.75, 3.05) is 18.6 Å². The van der Waals surface area contributed by atoms with Gasteiger partial charge in [-0.15, -0.1) is 0 Å². The minimum atomic E-state index is -0.589. The summed E-state index contributed by atoms with van der Waals surface area (Å²) in [5.74, 6) is 1.48. The van der Waals surface area contributed by atoms with Gasteiger partial charge in [-0.1, -0.05) is 58.4 Å². The molecule has 33 heavy (non-hydrogen) atoms. The van der Waals surface area contributed by atoms with Gasteiger partial charge in [-0.25, -0.2) is 4.79 Å². The second-order valence-electron chi connectivity index (χ2n) is 9.03. The molecule has 1 atom stereocenters. The van der Waals surface area contributed by atoms with Crippen molar-refractivity contribution in [3.8, 4) is 11.5 Å². The Morgan fingerprint density at radius 2 is 1.73 bits per heavy atom. The molecule has 0 saturated heterocycles.